The normalized spacial score (nSPS) is 16.6. The van der Waals surface area contributed by atoms with E-state index in [4.69, 9.17) is 9.47 Å². The van der Waals surface area contributed by atoms with Crippen LogP contribution in [-0.4, -0.2) is 27.0 Å². The highest BCUT2D eigenvalue weighted by molar-refractivity contribution is 7.89. The lowest BCUT2D eigenvalue weighted by atomic mass is 9.87. The van der Waals surface area contributed by atoms with Crippen molar-refractivity contribution in [3.63, 3.8) is 0 Å². The third-order valence-electron chi connectivity index (χ3n) is 4.14. The smallest absolute Gasteiger partial charge is 0.279 e. The highest BCUT2D eigenvalue weighted by Gasteiger charge is 2.28. The highest BCUT2D eigenvalue weighted by atomic mass is 32.2. The van der Waals surface area contributed by atoms with Gasteiger partial charge in [0, 0.05) is 0 Å². The molecule has 7 nitrogen and oxygen atoms in total. The molecule has 8 heteroatoms. The van der Waals surface area contributed by atoms with Crippen LogP contribution in [-0.2, 0) is 20.2 Å². The minimum Gasteiger partial charge on any atom is -0.485 e. The van der Waals surface area contributed by atoms with Crippen molar-refractivity contribution >= 4 is 15.9 Å². The van der Waals surface area contributed by atoms with E-state index in [0.29, 0.717) is 11.5 Å². The van der Waals surface area contributed by atoms with E-state index in [0.717, 1.165) is 5.56 Å². The second-order valence-electron chi connectivity index (χ2n) is 7.23. The van der Waals surface area contributed by atoms with E-state index in [1.54, 1.807) is 36.4 Å². The molecule has 3 rings (SSSR count). The fraction of sp³-hybridized carbons (Fsp3) is 0.316. The Morgan fingerprint density at radius 2 is 1.67 bits per heavy atom. The number of carbonyl (C=O) groups is 1. The van der Waals surface area contributed by atoms with Gasteiger partial charge in [-0.1, -0.05) is 45.0 Å². The summed E-state index contributed by atoms with van der Waals surface area (Å²) in [6, 6.07) is 13.5. The lowest BCUT2D eigenvalue weighted by Gasteiger charge is -2.25. The molecule has 1 heterocycles. The molecular weight excluding hydrogens is 368 g/mol. The first kappa shape index (κ1) is 19.2. The molecule has 0 aromatic heterocycles. The first-order valence-electron chi connectivity index (χ1n) is 8.47. The summed E-state index contributed by atoms with van der Waals surface area (Å²) in [5.74, 6) is 0.338. The second-order valence-corrected chi connectivity index (χ2v) is 8.92. The van der Waals surface area contributed by atoms with Gasteiger partial charge in [-0.3, -0.25) is 10.2 Å². The van der Waals surface area contributed by atoms with Crippen LogP contribution in [0.1, 0.15) is 26.3 Å². The number of amides is 1. The Kier molecular flexibility index (Phi) is 5.12. The maximum atomic E-state index is 12.4. The van der Waals surface area contributed by atoms with Crippen molar-refractivity contribution in [3.8, 4) is 11.5 Å². The maximum absolute atomic E-state index is 12.4. The molecule has 0 saturated carbocycles. The molecule has 0 spiro atoms. The summed E-state index contributed by atoms with van der Waals surface area (Å²) < 4.78 is 35.8. The number of rotatable bonds is 4. The van der Waals surface area contributed by atoms with Gasteiger partial charge in [-0.05, 0) is 35.2 Å². The molecule has 1 aliphatic rings. The van der Waals surface area contributed by atoms with Crippen LogP contribution in [0.25, 0.3) is 0 Å². The van der Waals surface area contributed by atoms with Crippen molar-refractivity contribution in [2.75, 3.05) is 6.61 Å². The van der Waals surface area contributed by atoms with Crippen molar-refractivity contribution in [1.29, 1.82) is 0 Å². The average molecular weight is 390 g/mol. The Hall–Kier alpha value is -2.58. The molecule has 1 aliphatic heterocycles. The van der Waals surface area contributed by atoms with Crippen molar-refractivity contribution in [2.45, 2.75) is 37.2 Å². The summed E-state index contributed by atoms with van der Waals surface area (Å²) in [5, 5.41) is 0. The van der Waals surface area contributed by atoms with Gasteiger partial charge in [0.1, 0.15) is 6.61 Å². The lowest BCUT2D eigenvalue weighted by Crippen LogP contribution is -2.50. The largest absolute Gasteiger partial charge is 0.485 e. The minimum absolute atomic E-state index is 0.00907. The number of carbonyl (C=O) groups excluding carboxylic acids is 1. The fourth-order valence-electron chi connectivity index (χ4n) is 2.54. The van der Waals surface area contributed by atoms with E-state index in [2.05, 4.69) is 10.3 Å². The highest BCUT2D eigenvalue weighted by Crippen LogP contribution is 2.30. The van der Waals surface area contributed by atoms with Gasteiger partial charge in [0.15, 0.2) is 11.5 Å². The third-order valence-corrected chi connectivity index (χ3v) is 5.40. The van der Waals surface area contributed by atoms with Crippen LogP contribution >= 0.6 is 0 Å². The summed E-state index contributed by atoms with van der Waals surface area (Å²) in [4.78, 5) is 14.4. The molecule has 2 aromatic carbocycles. The van der Waals surface area contributed by atoms with Crippen LogP contribution in [0, 0.1) is 0 Å². The van der Waals surface area contributed by atoms with Gasteiger partial charge in [0.2, 0.25) is 6.10 Å². The summed E-state index contributed by atoms with van der Waals surface area (Å²) >= 11 is 0. The quantitative estimate of drug-likeness (QED) is 0.780. The molecule has 1 atom stereocenters. The Balaban J connectivity index is 1.63. The molecule has 0 fully saturated rings. The maximum Gasteiger partial charge on any atom is 0.279 e. The van der Waals surface area contributed by atoms with E-state index in [1.807, 2.05) is 20.8 Å². The summed E-state index contributed by atoms with van der Waals surface area (Å²) in [5.41, 5.74) is 3.11. The molecule has 144 valence electrons. The van der Waals surface area contributed by atoms with E-state index >= 15 is 0 Å². The van der Waals surface area contributed by atoms with Crippen molar-refractivity contribution in [1.82, 2.24) is 10.3 Å². The topological polar surface area (TPSA) is 93.7 Å². The van der Waals surface area contributed by atoms with Crippen LogP contribution in [0.3, 0.4) is 0 Å². The fourth-order valence-corrected chi connectivity index (χ4v) is 3.39. The summed E-state index contributed by atoms with van der Waals surface area (Å²) in [6.45, 7) is 6.11. The second kappa shape index (κ2) is 7.21. The number of benzene rings is 2. The number of nitrogens with one attached hydrogen (secondary N) is 2. The molecule has 0 radical (unpaired) electrons. The molecule has 27 heavy (non-hydrogen) atoms. The Morgan fingerprint density at radius 1 is 1.04 bits per heavy atom. The van der Waals surface area contributed by atoms with Crippen LogP contribution in [0.15, 0.2) is 53.4 Å². The van der Waals surface area contributed by atoms with Gasteiger partial charge < -0.3 is 9.47 Å². The van der Waals surface area contributed by atoms with E-state index < -0.39 is 22.0 Å². The van der Waals surface area contributed by atoms with Crippen molar-refractivity contribution in [3.05, 3.63) is 54.1 Å². The van der Waals surface area contributed by atoms with Gasteiger partial charge in [0.25, 0.3) is 15.9 Å². The van der Waals surface area contributed by atoms with Crippen LogP contribution < -0.4 is 19.7 Å². The van der Waals surface area contributed by atoms with Gasteiger partial charge in [-0.25, -0.2) is 8.42 Å². The summed E-state index contributed by atoms with van der Waals surface area (Å²) in [7, 11) is -3.90. The molecule has 0 aliphatic carbocycles. The third kappa shape index (κ3) is 4.40. The number of sulfonamides is 1. The zero-order chi connectivity index (χ0) is 19.7. The molecule has 2 N–H and O–H groups in total. The number of hydrazine groups is 1. The first-order valence-corrected chi connectivity index (χ1v) is 9.96. The SMILES string of the molecule is CC(C)(C)c1ccc(S(=O)(=O)NNC(=O)[C@@H]2COc3ccccc3O2)cc1. The molecular formula is C19H22N2O5S. The molecule has 0 bridgehead atoms. The number of para-hydroxylation sites is 2. The van der Waals surface area contributed by atoms with E-state index in [9.17, 15) is 13.2 Å². The zero-order valence-corrected chi connectivity index (χ0v) is 16.2. The number of hydrogen-bond donors (Lipinski definition) is 2. The predicted molar refractivity (Wildman–Crippen MR) is 100.0 cm³/mol. The summed E-state index contributed by atoms with van der Waals surface area (Å²) in [6.07, 6.45) is -0.953. The molecule has 2 aromatic rings. The lowest BCUT2D eigenvalue weighted by molar-refractivity contribution is -0.130. The number of ether oxygens (including phenoxy) is 2. The van der Waals surface area contributed by atoms with E-state index in [1.165, 1.54) is 12.1 Å². The average Bonchev–Trinajstić information content (AvgIpc) is 2.65. The van der Waals surface area contributed by atoms with Crippen LogP contribution in [0.2, 0.25) is 0 Å². The Bertz CT molecular complexity index is 933. The Labute approximate surface area is 158 Å². The van der Waals surface area contributed by atoms with E-state index in [-0.39, 0.29) is 16.9 Å². The predicted octanol–water partition coefficient (Wildman–Crippen LogP) is 2.13. The first-order chi connectivity index (χ1) is 12.7. The van der Waals surface area contributed by atoms with Gasteiger partial charge >= 0.3 is 0 Å². The minimum atomic E-state index is -3.90. The monoisotopic (exact) mass is 390 g/mol. The molecule has 0 saturated heterocycles. The van der Waals surface area contributed by atoms with Crippen LogP contribution in [0.4, 0.5) is 0 Å². The van der Waals surface area contributed by atoms with Gasteiger partial charge in [-0.2, -0.15) is 0 Å². The van der Waals surface area contributed by atoms with Crippen molar-refractivity contribution < 1.29 is 22.7 Å². The number of fused-ring (bicyclic) bond motifs is 1. The Morgan fingerprint density at radius 3 is 2.30 bits per heavy atom. The number of hydrogen-bond acceptors (Lipinski definition) is 5. The standard InChI is InChI=1S/C19H22N2O5S/c1-19(2,3)13-8-10-14(11-9-13)27(23,24)21-20-18(22)17-12-25-15-6-4-5-7-16(15)26-17/h4-11,17,21H,12H2,1-3H3,(H,20,22)/t17-/m0/s1. The van der Waals surface area contributed by atoms with Gasteiger partial charge in [0.05, 0.1) is 4.90 Å². The van der Waals surface area contributed by atoms with Gasteiger partial charge in [-0.15, -0.1) is 4.83 Å². The molecule has 0 unspecified atom stereocenters. The molecule has 1 amide bonds. The van der Waals surface area contributed by atoms with Crippen molar-refractivity contribution in [2.24, 2.45) is 0 Å². The zero-order valence-electron chi connectivity index (χ0n) is 15.4. The van der Waals surface area contributed by atoms with Crippen LogP contribution in [0.5, 0.6) is 11.5 Å².